The first-order chi connectivity index (χ1) is 19.3. The summed E-state index contributed by atoms with van der Waals surface area (Å²) in [6, 6.07) is 7.91. The van der Waals surface area contributed by atoms with Gasteiger partial charge in [0.05, 0.1) is 24.9 Å². The Morgan fingerprint density at radius 1 is 1.10 bits per heavy atom. The van der Waals surface area contributed by atoms with E-state index in [4.69, 9.17) is 26.5 Å². The van der Waals surface area contributed by atoms with Gasteiger partial charge in [0, 0.05) is 28.6 Å². The van der Waals surface area contributed by atoms with E-state index in [-0.39, 0.29) is 51.4 Å². The molecule has 2 heterocycles. The molecular weight excluding hydrogens is 572 g/mol. The summed E-state index contributed by atoms with van der Waals surface area (Å²) in [6.07, 6.45) is -3.64. The van der Waals surface area contributed by atoms with Crippen molar-refractivity contribution in [1.29, 1.82) is 0 Å². The van der Waals surface area contributed by atoms with Gasteiger partial charge in [-0.3, -0.25) is 14.4 Å². The number of ketones is 1. The van der Waals surface area contributed by atoms with Crippen LogP contribution >= 0.6 is 11.6 Å². The number of methoxy groups -OCH3 is 1. The molecule has 2 aromatic heterocycles. The molecule has 1 unspecified atom stereocenters. The molecule has 0 saturated carbocycles. The van der Waals surface area contributed by atoms with Crippen LogP contribution < -0.4 is 16.0 Å². The number of nitrogens with zero attached hydrogens (tertiary/aromatic N) is 3. The molecule has 1 amide bonds. The molecule has 9 nitrogen and oxygen atoms in total. The highest BCUT2D eigenvalue weighted by Crippen LogP contribution is 2.39. The molecule has 2 N–H and O–H groups in total. The zero-order valence-corrected chi connectivity index (χ0v) is 22.2. The molecular formula is C27H21ClF4N4O5. The molecule has 0 bridgehead atoms. The Morgan fingerprint density at radius 3 is 2.41 bits per heavy atom. The van der Waals surface area contributed by atoms with E-state index in [2.05, 4.69) is 10.2 Å². The van der Waals surface area contributed by atoms with Crippen LogP contribution in [0.15, 0.2) is 57.9 Å². The van der Waals surface area contributed by atoms with Crippen molar-refractivity contribution in [2.45, 2.75) is 32.0 Å². The molecule has 14 heteroatoms. The lowest BCUT2D eigenvalue weighted by Gasteiger charge is -2.20. The highest BCUT2D eigenvalue weighted by Gasteiger charge is 2.38. The summed E-state index contributed by atoms with van der Waals surface area (Å²) < 4.78 is 64.8. The number of benzene rings is 2. The van der Waals surface area contributed by atoms with E-state index in [9.17, 15) is 31.9 Å². The Bertz CT molecular complexity index is 1700. The van der Waals surface area contributed by atoms with Crippen LogP contribution in [0.25, 0.3) is 22.6 Å². The van der Waals surface area contributed by atoms with Crippen molar-refractivity contribution in [1.82, 2.24) is 14.8 Å². The first-order valence-corrected chi connectivity index (χ1v) is 12.3. The molecule has 2 aromatic carbocycles. The number of carbonyl (C=O) groups is 2. The quantitative estimate of drug-likeness (QED) is 0.263. The van der Waals surface area contributed by atoms with Gasteiger partial charge in [-0.05, 0) is 47.9 Å². The fraction of sp³-hybridized carbons (Fsp3) is 0.222. The van der Waals surface area contributed by atoms with Gasteiger partial charge in [0.1, 0.15) is 11.6 Å². The third kappa shape index (κ3) is 6.14. The number of alkyl halides is 3. The zero-order valence-electron chi connectivity index (χ0n) is 21.5. The topological polar surface area (TPSA) is 130 Å². The van der Waals surface area contributed by atoms with Crippen LogP contribution in [0.1, 0.15) is 41.2 Å². The number of ether oxygens (including phenoxy) is 1. The fourth-order valence-electron chi connectivity index (χ4n) is 4.28. The normalized spacial score (nSPS) is 12.3. The monoisotopic (exact) mass is 592 g/mol. The first kappa shape index (κ1) is 29.5. The Kier molecular flexibility index (Phi) is 8.29. The molecule has 0 spiro atoms. The van der Waals surface area contributed by atoms with Gasteiger partial charge >= 0.3 is 12.1 Å². The second-order valence-electron chi connectivity index (χ2n) is 8.85. The highest BCUT2D eigenvalue weighted by atomic mass is 35.5. The zero-order chi connectivity index (χ0) is 30.1. The lowest BCUT2D eigenvalue weighted by molar-refractivity contribution is -0.157. The van der Waals surface area contributed by atoms with E-state index < -0.39 is 47.1 Å². The van der Waals surface area contributed by atoms with Gasteiger partial charge < -0.3 is 19.5 Å². The lowest BCUT2D eigenvalue weighted by Crippen LogP contribution is -2.30. The molecule has 4 aromatic rings. The predicted octanol–water partition coefficient (Wildman–Crippen LogP) is 5.25. The molecule has 0 saturated heterocycles. The summed E-state index contributed by atoms with van der Waals surface area (Å²) in [7, 11) is 1.30. The molecule has 4 rings (SSSR count). The second kappa shape index (κ2) is 11.5. The average molecular weight is 593 g/mol. The minimum absolute atomic E-state index is 0.0532. The number of aromatic nitrogens is 3. The number of halogens is 5. The largest absolute Gasteiger partial charge is 0.495 e. The van der Waals surface area contributed by atoms with Gasteiger partial charge in [0.15, 0.2) is 5.78 Å². The lowest BCUT2D eigenvalue weighted by atomic mass is 9.98. The van der Waals surface area contributed by atoms with Crippen molar-refractivity contribution < 1.29 is 36.3 Å². The van der Waals surface area contributed by atoms with Crippen LogP contribution in [-0.2, 0) is 17.4 Å². The summed E-state index contributed by atoms with van der Waals surface area (Å²) in [4.78, 5) is 37.8. The van der Waals surface area contributed by atoms with Gasteiger partial charge in [-0.15, -0.1) is 10.2 Å². The van der Waals surface area contributed by atoms with Crippen LogP contribution in [0, 0.1) is 5.82 Å². The van der Waals surface area contributed by atoms with Crippen molar-refractivity contribution >= 4 is 23.3 Å². The van der Waals surface area contributed by atoms with Crippen molar-refractivity contribution in [3.63, 3.8) is 0 Å². The van der Waals surface area contributed by atoms with Gasteiger partial charge in [0.25, 0.3) is 11.5 Å². The Hall–Kier alpha value is -4.52. The van der Waals surface area contributed by atoms with Crippen molar-refractivity contribution in [3.8, 4) is 28.3 Å². The predicted molar refractivity (Wildman–Crippen MR) is 139 cm³/mol. The van der Waals surface area contributed by atoms with E-state index in [0.29, 0.717) is 0 Å². The van der Waals surface area contributed by atoms with E-state index >= 15 is 0 Å². The number of amides is 1. The summed E-state index contributed by atoms with van der Waals surface area (Å²) in [5.74, 6) is -4.18. The van der Waals surface area contributed by atoms with Crippen LogP contribution in [0.4, 0.5) is 17.6 Å². The third-order valence-electron chi connectivity index (χ3n) is 6.21. The van der Waals surface area contributed by atoms with Crippen LogP contribution in [0.5, 0.6) is 5.75 Å². The summed E-state index contributed by atoms with van der Waals surface area (Å²) in [5.41, 5.74) is 4.80. The van der Waals surface area contributed by atoms with Crippen molar-refractivity contribution in [2.75, 3.05) is 7.11 Å². The SMILES string of the molecule is CCC(C(=O)Cc1ccc(C(N)=O)c(F)c1)n1cc(OC)c(-c2cc(Cl)ccc2-c2nnc(C(F)(F)F)o2)cc1=O. The molecule has 41 heavy (non-hydrogen) atoms. The molecule has 1 atom stereocenters. The van der Waals surface area contributed by atoms with Gasteiger partial charge in [-0.2, -0.15) is 13.2 Å². The average Bonchev–Trinajstić information content (AvgIpc) is 3.40. The van der Waals surface area contributed by atoms with Crippen LogP contribution in [-0.4, -0.2) is 33.6 Å². The Labute approximate surface area is 234 Å². The minimum atomic E-state index is -4.87. The first-order valence-electron chi connectivity index (χ1n) is 12.0. The minimum Gasteiger partial charge on any atom is -0.495 e. The second-order valence-corrected chi connectivity index (χ2v) is 9.28. The summed E-state index contributed by atoms with van der Waals surface area (Å²) in [5, 5.41) is 6.73. The van der Waals surface area contributed by atoms with Gasteiger partial charge in [-0.1, -0.05) is 24.6 Å². The Balaban J connectivity index is 1.74. The molecule has 0 aliphatic heterocycles. The van der Waals surface area contributed by atoms with E-state index in [1.54, 1.807) is 6.92 Å². The van der Waals surface area contributed by atoms with Crippen LogP contribution in [0.2, 0.25) is 5.02 Å². The molecule has 0 aliphatic rings. The number of rotatable bonds is 9. The smallest absolute Gasteiger partial charge is 0.470 e. The van der Waals surface area contributed by atoms with E-state index in [1.807, 2.05) is 0 Å². The Morgan fingerprint density at radius 2 is 1.83 bits per heavy atom. The molecule has 0 fully saturated rings. The van der Waals surface area contributed by atoms with Crippen molar-refractivity contribution in [2.24, 2.45) is 5.73 Å². The maximum absolute atomic E-state index is 14.2. The number of pyridine rings is 1. The number of hydrogen-bond donors (Lipinski definition) is 1. The molecule has 0 radical (unpaired) electrons. The number of nitrogens with two attached hydrogens (primary N) is 1. The number of carbonyl (C=O) groups excluding carboxylic acids is 2. The maximum atomic E-state index is 14.2. The highest BCUT2D eigenvalue weighted by molar-refractivity contribution is 6.31. The summed E-state index contributed by atoms with van der Waals surface area (Å²) in [6.45, 7) is 1.68. The molecule has 214 valence electrons. The number of hydrogen-bond acceptors (Lipinski definition) is 7. The fourth-order valence-corrected chi connectivity index (χ4v) is 4.46. The number of Topliss-reactive ketones (excluding diaryl/α,β-unsaturated/α-hetero) is 1. The van der Waals surface area contributed by atoms with Crippen molar-refractivity contribution in [3.05, 3.63) is 86.9 Å². The number of primary amides is 1. The molecule has 0 aliphatic carbocycles. The third-order valence-corrected chi connectivity index (χ3v) is 6.44. The van der Waals surface area contributed by atoms with Gasteiger partial charge in [-0.25, -0.2) is 4.39 Å². The maximum Gasteiger partial charge on any atom is 0.470 e. The van der Waals surface area contributed by atoms with E-state index in [1.165, 1.54) is 43.6 Å². The van der Waals surface area contributed by atoms with E-state index in [0.717, 1.165) is 16.7 Å². The standard InChI is InChI=1S/C27H21ClF4N4O5/c1-3-20(21(37)9-13-4-6-16(24(33)39)19(29)8-13)36-12-22(40-2)18(11-23(36)38)17-10-14(28)5-7-15(17)25-34-35-26(41-25)27(30,31)32/h4-8,10-12,20H,3,9H2,1-2H3,(H2,33,39). The van der Waals surface area contributed by atoms with Crippen LogP contribution in [0.3, 0.4) is 0 Å². The van der Waals surface area contributed by atoms with Gasteiger partial charge in [0.2, 0.25) is 5.89 Å². The summed E-state index contributed by atoms with van der Waals surface area (Å²) >= 11 is 6.16.